The van der Waals surface area contributed by atoms with Crippen LogP contribution in [0.1, 0.15) is 44.1 Å². The van der Waals surface area contributed by atoms with Crippen molar-refractivity contribution < 1.29 is 33.4 Å². The molecule has 0 radical (unpaired) electrons. The lowest BCUT2D eigenvalue weighted by atomic mass is 9.92. The number of nitrogens with two attached hydrogens (primary N) is 3. The Kier molecular flexibility index (Phi) is 18.1. The average Bonchev–Trinajstić information content (AvgIpc) is 3.29. The van der Waals surface area contributed by atoms with Gasteiger partial charge in [0, 0.05) is 17.7 Å². The molecular formula is C49H57N7O7. The normalized spacial score (nSPS) is 12.3. The molecule has 0 saturated carbocycles. The number of unbranched alkanes of at least 4 members (excludes halogenated alkanes) is 1. The molecule has 0 unspecified atom stereocenters. The van der Waals surface area contributed by atoms with E-state index in [1.165, 1.54) is 6.08 Å². The molecule has 0 aromatic heterocycles. The molecule has 14 heteroatoms. The van der Waals surface area contributed by atoms with E-state index in [0.29, 0.717) is 37.3 Å². The summed E-state index contributed by atoms with van der Waals surface area (Å²) in [6.45, 7) is 7.95. The monoisotopic (exact) mass is 855 g/mol. The van der Waals surface area contributed by atoms with Gasteiger partial charge < -0.3 is 47.4 Å². The number of hydrogen-bond donors (Lipinski definition) is 6. The Hall–Kier alpha value is -7.19. The quantitative estimate of drug-likeness (QED) is 0.0141. The molecule has 0 fully saturated rings. The minimum absolute atomic E-state index is 0.00624. The van der Waals surface area contributed by atoms with E-state index in [9.17, 15) is 19.2 Å². The summed E-state index contributed by atoms with van der Waals surface area (Å²) in [4.78, 5) is 58.9. The molecule has 14 nitrogen and oxygen atoms in total. The highest BCUT2D eigenvalue weighted by Crippen LogP contribution is 2.45. The fourth-order valence-corrected chi connectivity index (χ4v) is 7.08. The van der Waals surface area contributed by atoms with Crippen molar-refractivity contribution in [1.82, 2.24) is 16.0 Å². The summed E-state index contributed by atoms with van der Waals surface area (Å²) >= 11 is 0. The van der Waals surface area contributed by atoms with Gasteiger partial charge in [-0.05, 0) is 84.3 Å². The van der Waals surface area contributed by atoms with Crippen molar-refractivity contribution in [3.8, 4) is 22.6 Å². The molecule has 5 rings (SSSR count). The number of fused-ring (bicyclic) bond motifs is 2. The number of rotatable bonds is 25. The van der Waals surface area contributed by atoms with Crippen LogP contribution in [-0.4, -0.2) is 74.1 Å². The first-order chi connectivity index (χ1) is 30.6. The van der Waals surface area contributed by atoms with E-state index in [2.05, 4.69) is 34.1 Å². The van der Waals surface area contributed by atoms with Crippen LogP contribution in [-0.2, 0) is 30.5 Å². The summed E-state index contributed by atoms with van der Waals surface area (Å²) < 4.78 is 18.0. The van der Waals surface area contributed by atoms with Gasteiger partial charge in [-0.3, -0.25) is 19.4 Å². The molecule has 5 aromatic rings. The molecule has 0 spiro atoms. The number of carbonyl (C=O) groups excluding carboxylic acids is 4. The second-order valence-corrected chi connectivity index (χ2v) is 14.8. The maximum absolute atomic E-state index is 14.1. The molecule has 0 saturated heterocycles. The predicted octanol–water partition coefficient (Wildman–Crippen LogP) is 5.56. The largest absolute Gasteiger partial charge is 0.489 e. The molecule has 0 heterocycles. The van der Waals surface area contributed by atoms with E-state index in [4.69, 9.17) is 31.4 Å². The Bertz CT molecular complexity index is 2380. The van der Waals surface area contributed by atoms with Crippen LogP contribution in [0.2, 0.25) is 0 Å². The Morgan fingerprint density at radius 3 is 1.83 bits per heavy atom. The first-order valence-electron chi connectivity index (χ1n) is 21.0. The lowest BCUT2D eigenvalue weighted by Gasteiger charge is -2.25. The van der Waals surface area contributed by atoms with Crippen LogP contribution < -0.4 is 42.6 Å². The zero-order chi connectivity index (χ0) is 45.0. The van der Waals surface area contributed by atoms with Crippen LogP contribution in [0.5, 0.6) is 11.5 Å². The fourth-order valence-electron chi connectivity index (χ4n) is 7.08. The van der Waals surface area contributed by atoms with Crippen LogP contribution in [0.4, 0.5) is 0 Å². The highest BCUT2D eigenvalue weighted by molar-refractivity contribution is 6.10. The summed E-state index contributed by atoms with van der Waals surface area (Å²) in [5.41, 5.74) is 19.1. The van der Waals surface area contributed by atoms with Crippen molar-refractivity contribution in [2.45, 2.75) is 63.3 Å². The van der Waals surface area contributed by atoms with Crippen molar-refractivity contribution in [3.05, 3.63) is 134 Å². The van der Waals surface area contributed by atoms with E-state index in [-0.39, 0.29) is 45.0 Å². The summed E-state index contributed by atoms with van der Waals surface area (Å²) in [5.74, 6) is -1.55. The molecule has 9 N–H and O–H groups in total. The minimum Gasteiger partial charge on any atom is -0.489 e. The number of nitrogens with one attached hydrogen (secondary N) is 3. The van der Waals surface area contributed by atoms with Gasteiger partial charge in [0.2, 0.25) is 11.8 Å². The van der Waals surface area contributed by atoms with Gasteiger partial charge in [-0.1, -0.05) is 110 Å². The second kappa shape index (κ2) is 24.3. The van der Waals surface area contributed by atoms with Crippen molar-refractivity contribution in [3.63, 3.8) is 0 Å². The molecule has 3 amide bonds. The molecular weight excluding hydrogens is 799 g/mol. The predicted molar refractivity (Wildman–Crippen MR) is 248 cm³/mol. The molecule has 0 aliphatic heterocycles. The molecule has 5 aromatic carbocycles. The lowest BCUT2D eigenvalue weighted by Crippen LogP contribution is -2.56. The maximum atomic E-state index is 14.1. The van der Waals surface area contributed by atoms with Crippen LogP contribution in [0.15, 0.2) is 133 Å². The fraction of sp³-hybridized carbons (Fsp3) is 0.286. The van der Waals surface area contributed by atoms with Crippen LogP contribution in [0.25, 0.3) is 32.7 Å². The molecule has 3 atom stereocenters. The summed E-state index contributed by atoms with van der Waals surface area (Å²) in [6, 6.07) is 29.3. The van der Waals surface area contributed by atoms with Gasteiger partial charge in [-0.15, -0.1) is 6.58 Å². The van der Waals surface area contributed by atoms with Gasteiger partial charge >= 0.3 is 5.97 Å². The van der Waals surface area contributed by atoms with Crippen molar-refractivity contribution in [2.75, 3.05) is 26.3 Å². The Morgan fingerprint density at radius 2 is 1.22 bits per heavy atom. The van der Waals surface area contributed by atoms with Crippen molar-refractivity contribution in [1.29, 1.82) is 0 Å². The number of ether oxygens (including phenoxy) is 3. The topological polar surface area (TPSA) is 222 Å². The number of benzene rings is 5. The number of carbonyl (C=O) groups is 4. The SMILES string of the molecule is C=CCOc1ccc2ccccc2c1-c1c(OCC(=O)N[C@H](CCCCN)C(=O)N[C@H](CCCN=C(N)N)C(=O)N[C@H](CC=C)C(=O)OCc2ccccc2)ccc2ccccc12. The highest BCUT2D eigenvalue weighted by Gasteiger charge is 2.30. The number of hydrogen-bond acceptors (Lipinski definition) is 9. The summed E-state index contributed by atoms with van der Waals surface area (Å²) in [6.07, 6.45) is 4.99. The van der Waals surface area contributed by atoms with Crippen LogP contribution in [0, 0.1) is 0 Å². The van der Waals surface area contributed by atoms with E-state index in [1.807, 2.05) is 103 Å². The number of aliphatic imine (C=N–C) groups is 1. The molecule has 330 valence electrons. The van der Waals surface area contributed by atoms with E-state index in [1.54, 1.807) is 6.08 Å². The second-order valence-electron chi connectivity index (χ2n) is 14.8. The zero-order valence-electron chi connectivity index (χ0n) is 35.4. The number of guanidine groups is 1. The number of esters is 1. The van der Waals surface area contributed by atoms with Gasteiger partial charge in [0.1, 0.15) is 42.8 Å². The van der Waals surface area contributed by atoms with Gasteiger partial charge in [0.25, 0.3) is 5.91 Å². The van der Waals surface area contributed by atoms with Gasteiger partial charge in [0.05, 0.1) is 0 Å². The highest BCUT2D eigenvalue weighted by atomic mass is 16.5. The molecule has 0 bridgehead atoms. The van der Waals surface area contributed by atoms with Gasteiger partial charge in [-0.25, -0.2) is 4.79 Å². The first-order valence-corrected chi connectivity index (χ1v) is 21.0. The third kappa shape index (κ3) is 13.7. The number of amides is 3. The minimum atomic E-state index is -1.13. The first kappa shape index (κ1) is 46.9. The molecule has 63 heavy (non-hydrogen) atoms. The maximum Gasteiger partial charge on any atom is 0.329 e. The lowest BCUT2D eigenvalue weighted by molar-refractivity contribution is -0.149. The van der Waals surface area contributed by atoms with Gasteiger partial charge in [0.15, 0.2) is 12.6 Å². The van der Waals surface area contributed by atoms with Crippen molar-refractivity contribution >= 4 is 51.2 Å². The average molecular weight is 856 g/mol. The van der Waals surface area contributed by atoms with E-state index < -0.39 is 48.4 Å². The van der Waals surface area contributed by atoms with Crippen molar-refractivity contribution in [2.24, 2.45) is 22.2 Å². The van der Waals surface area contributed by atoms with Crippen LogP contribution in [0.3, 0.4) is 0 Å². The van der Waals surface area contributed by atoms with E-state index in [0.717, 1.165) is 38.2 Å². The third-order valence-corrected chi connectivity index (χ3v) is 10.2. The zero-order valence-corrected chi connectivity index (χ0v) is 35.4. The third-order valence-electron chi connectivity index (χ3n) is 10.2. The van der Waals surface area contributed by atoms with E-state index >= 15 is 0 Å². The molecule has 0 aliphatic carbocycles. The van der Waals surface area contributed by atoms with Crippen LogP contribution >= 0.6 is 0 Å². The number of nitrogens with zero attached hydrogens (tertiary/aromatic N) is 1. The Labute approximate surface area is 367 Å². The standard InChI is InChI=1S/C49H57N7O7/c1-3-15-40(48(60)63-31-33-16-6-5-7-17-33)56-47(59)39(23-14-29-53-49(51)52)55-46(58)38(22-12-13-28-50)54-43(57)32-62-42-27-25-35-19-9-11-21-37(35)45(42)44-36-20-10-8-18-34(36)24-26-41(44)61-30-4-2/h3-11,16-21,24-27,38-40H,1-2,12-15,22-23,28-32,50H2,(H,54,57)(H,55,58)(H,56,59)(H4,51,52,53)/t38-,39-,40-/m1/s1. The Balaban J connectivity index is 1.36. The summed E-state index contributed by atoms with van der Waals surface area (Å²) in [5, 5.41) is 12.1. The smallest absolute Gasteiger partial charge is 0.329 e. The van der Waals surface area contributed by atoms with Gasteiger partial charge in [-0.2, -0.15) is 0 Å². The Morgan fingerprint density at radius 1 is 0.651 bits per heavy atom. The summed E-state index contributed by atoms with van der Waals surface area (Å²) in [7, 11) is 0. The molecule has 0 aliphatic rings.